The van der Waals surface area contributed by atoms with Gasteiger partial charge in [0.2, 0.25) is 0 Å². The lowest BCUT2D eigenvalue weighted by atomic mass is 9.78. The van der Waals surface area contributed by atoms with Crippen molar-refractivity contribution in [2.75, 3.05) is 0 Å². The van der Waals surface area contributed by atoms with Crippen LogP contribution in [0.2, 0.25) is 6.32 Å². The van der Waals surface area contributed by atoms with Crippen molar-refractivity contribution in [3.63, 3.8) is 0 Å². The van der Waals surface area contributed by atoms with Crippen molar-refractivity contribution >= 4 is 13.1 Å². The molecule has 0 bridgehead atoms. The Kier molecular flexibility index (Phi) is 4.31. The number of aliphatic carboxylic acids is 1. The average Bonchev–Trinajstić information content (AvgIpc) is 2.42. The molecule has 1 aliphatic rings. The minimum Gasteiger partial charge on any atom is -0.480 e. The van der Waals surface area contributed by atoms with E-state index in [1.165, 1.54) is 0 Å². The van der Waals surface area contributed by atoms with Gasteiger partial charge in [-0.15, -0.1) is 0 Å². The number of carbonyl (C=O) groups is 1. The Morgan fingerprint density at radius 1 is 1.50 bits per heavy atom. The topological polar surface area (TPSA) is 130 Å². The van der Waals surface area contributed by atoms with Crippen LogP contribution < -0.4 is 11.5 Å². The van der Waals surface area contributed by atoms with Crippen LogP contribution in [0, 0.1) is 5.92 Å². The minimum absolute atomic E-state index is 0.176. The number of carboxylic acids is 1. The van der Waals surface area contributed by atoms with E-state index >= 15 is 0 Å². The van der Waals surface area contributed by atoms with Crippen LogP contribution >= 0.6 is 0 Å². The number of rotatable bonds is 5. The van der Waals surface area contributed by atoms with Gasteiger partial charge >= 0.3 is 13.1 Å². The first-order valence-corrected chi connectivity index (χ1v) is 5.50. The predicted octanol–water partition coefficient (Wildman–Crippen LogP) is -1.24. The molecule has 1 fully saturated rings. The average molecular weight is 230 g/mol. The quantitative estimate of drug-likeness (QED) is 0.375. The van der Waals surface area contributed by atoms with Gasteiger partial charge < -0.3 is 26.6 Å². The normalized spacial score (nSPS) is 34.0. The van der Waals surface area contributed by atoms with Crippen molar-refractivity contribution in [3.05, 3.63) is 0 Å². The molecule has 1 saturated carbocycles. The maximum Gasteiger partial charge on any atom is 0.451 e. The molecule has 1 rings (SSSR count). The zero-order valence-corrected chi connectivity index (χ0v) is 9.17. The summed E-state index contributed by atoms with van der Waals surface area (Å²) < 4.78 is 0. The SMILES string of the molecule is N[C@H]1C[C@H](CCCB(O)O)[C@](N)(C(=O)O)C1. The second-order valence-corrected chi connectivity index (χ2v) is 4.65. The van der Waals surface area contributed by atoms with Gasteiger partial charge in [0.1, 0.15) is 5.54 Å². The molecule has 1 aliphatic carbocycles. The molecule has 7 N–H and O–H groups in total. The first-order chi connectivity index (χ1) is 7.36. The number of carboxylic acid groups (broad SMARTS) is 1. The van der Waals surface area contributed by atoms with Crippen molar-refractivity contribution in [1.82, 2.24) is 0 Å². The Morgan fingerprint density at radius 2 is 2.12 bits per heavy atom. The lowest BCUT2D eigenvalue weighted by Crippen LogP contribution is -2.51. The summed E-state index contributed by atoms with van der Waals surface area (Å²) in [5, 5.41) is 26.5. The maximum absolute atomic E-state index is 11.1. The Labute approximate surface area is 94.8 Å². The van der Waals surface area contributed by atoms with Crippen molar-refractivity contribution in [2.45, 2.75) is 43.6 Å². The fourth-order valence-electron chi connectivity index (χ4n) is 2.44. The van der Waals surface area contributed by atoms with E-state index in [0.29, 0.717) is 19.3 Å². The summed E-state index contributed by atoms with van der Waals surface area (Å²) in [6, 6.07) is -0.176. The largest absolute Gasteiger partial charge is 0.480 e. The Morgan fingerprint density at radius 3 is 2.62 bits per heavy atom. The van der Waals surface area contributed by atoms with Gasteiger partial charge in [0.05, 0.1) is 0 Å². The van der Waals surface area contributed by atoms with Crippen LogP contribution in [-0.4, -0.2) is 39.8 Å². The predicted molar refractivity (Wildman–Crippen MR) is 59.5 cm³/mol. The summed E-state index contributed by atoms with van der Waals surface area (Å²) in [6.07, 6.45) is 2.22. The summed E-state index contributed by atoms with van der Waals surface area (Å²) in [6.45, 7) is 0. The van der Waals surface area contributed by atoms with Crippen LogP contribution in [0.3, 0.4) is 0 Å². The van der Waals surface area contributed by atoms with E-state index in [4.69, 9.17) is 26.6 Å². The lowest BCUT2D eigenvalue weighted by Gasteiger charge is -2.26. The zero-order valence-electron chi connectivity index (χ0n) is 9.17. The highest BCUT2D eigenvalue weighted by molar-refractivity contribution is 6.40. The van der Waals surface area contributed by atoms with E-state index in [9.17, 15) is 4.79 Å². The molecule has 0 aromatic heterocycles. The van der Waals surface area contributed by atoms with Crippen molar-refractivity contribution in [2.24, 2.45) is 17.4 Å². The van der Waals surface area contributed by atoms with E-state index in [0.717, 1.165) is 0 Å². The molecule has 0 aromatic rings. The Hall–Kier alpha value is -0.625. The fourth-order valence-corrected chi connectivity index (χ4v) is 2.44. The molecule has 0 saturated heterocycles. The van der Waals surface area contributed by atoms with Gasteiger partial charge in [-0.2, -0.15) is 0 Å². The second-order valence-electron chi connectivity index (χ2n) is 4.65. The molecular formula is C9H19BN2O4. The maximum atomic E-state index is 11.1. The molecule has 0 heterocycles. The van der Waals surface area contributed by atoms with Crippen LogP contribution in [0.4, 0.5) is 0 Å². The van der Waals surface area contributed by atoms with Gasteiger partial charge in [-0.05, 0) is 31.5 Å². The van der Waals surface area contributed by atoms with Crippen LogP contribution in [-0.2, 0) is 4.79 Å². The molecule has 0 aliphatic heterocycles. The second kappa shape index (κ2) is 5.14. The van der Waals surface area contributed by atoms with E-state index < -0.39 is 18.6 Å². The van der Waals surface area contributed by atoms with Gasteiger partial charge in [0.25, 0.3) is 0 Å². The summed E-state index contributed by atoms with van der Waals surface area (Å²) in [4.78, 5) is 11.1. The molecule has 0 amide bonds. The van der Waals surface area contributed by atoms with Crippen LogP contribution in [0.25, 0.3) is 0 Å². The molecule has 16 heavy (non-hydrogen) atoms. The molecular weight excluding hydrogens is 211 g/mol. The van der Waals surface area contributed by atoms with Crippen molar-refractivity contribution < 1.29 is 19.9 Å². The number of hydrogen-bond acceptors (Lipinski definition) is 5. The molecule has 6 nitrogen and oxygen atoms in total. The van der Waals surface area contributed by atoms with Crippen LogP contribution in [0.1, 0.15) is 25.7 Å². The first kappa shape index (κ1) is 13.4. The van der Waals surface area contributed by atoms with Crippen LogP contribution in [0.15, 0.2) is 0 Å². The minimum atomic E-state index is -1.34. The fraction of sp³-hybridized carbons (Fsp3) is 0.889. The molecule has 0 spiro atoms. The van der Waals surface area contributed by atoms with Crippen molar-refractivity contribution in [1.29, 1.82) is 0 Å². The number of hydrogen-bond donors (Lipinski definition) is 5. The smallest absolute Gasteiger partial charge is 0.451 e. The van der Waals surface area contributed by atoms with Crippen LogP contribution in [0.5, 0.6) is 0 Å². The highest BCUT2D eigenvalue weighted by atomic mass is 16.4. The Balaban J connectivity index is 2.53. The number of nitrogens with two attached hydrogens (primary N) is 2. The summed E-state index contributed by atoms with van der Waals surface area (Å²) in [5.41, 5.74) is 10.3. The zero-order chi connectivity index (χ0) is 12.3. The third-order valence-electron chi connectivity index (χ3n) is 3.33. The summed E-state index contributed by atoms with van der Waals surface area (Å²) >= 11 is 0. The van der Waals surface area contributed by atoms with Gasteiger partial charge in [0.15, 0.2) is 0 Å². The van der Waals surface area contributed by atoms with Crippen molar-refractivity contribution in [3.8, 4) is 0 Å². The van der Waals surface area contributed by atoms with E-state index in [1.807, 2.05) is 0 Å². The highest BCUT2D eigenvalue weighted by Gasteiger charge is 2.48. The van der Waals surface area contributed by atoms with E-state index in [1.54, 1.807) is 0 Å². The third kappa shape index (κ3) is 2.94. The highest BCUT2D eigenvalue weighted by Crippen LogP contribution is 2.36. The third-order valence-corrected chi connectivity index (χ3v) is 3.33. The van der Waals surface area contributed by atoms with Gasteiger partial charge in [-0.25, -0.2) is 0 Å². The monoisotopic (exact) mass is 230 g/mol. The van der Waals surface area contributed by atoms with Gasteiger partial charge in [0, 0.05) is 6.04 Å². The Bertz CT molecular complexity index is 264. The van der Waals surface area contributed by atoms with Gasteiger partial charge in [-0.1, -0.05) is 6.42 Å². The molecule has 0 radical (unpaired) electrons. The molecule has 0 unspecified atom stereocenters. The standard InChI is InChI=1S/C9H19BN2O4/c11-7-4-6(2-1-3-10(15)16)9(12,5-7)8(13)14/h6-7,15-16H,1-5,11-12H2,(H,13,14)/t6-,7-,9-/m0/s1. The lowest BCUT2D eigenvalue weighted by molar-refractivity contribution is -0.144. The molecule has 3 atom stereocenters. The molecule has 0 aromatic carbocycles. The summed E-state index contributed by atoms with van der Waals surface area (Å²) in [7, 11) is -1.34. The van der Waals surface area contributed by atoms with E-state index in [2.05, 4.69) is 0 Å². The molecule has 92 valence electrons. The first-order valence-electron chi connectivity index (χ1n) is 5.50. The summed E-state index contributed by atoms with van der Waals surface area (Å²) in [5.74, 6) is -1.20. The van der Waals surface area contributed by atoms with Gasteiger partial charge in [-0.3, -0.25) is 4.79 Å². The van der Waals surface area contributed by atoms with E-state index in [-0.39, 0.29) is 24.7 Å². The molecule has 7 heteroatoms.